The number of rotatable bonds is 4. The maximum Gasteiger partial charge on any atom is 0.272 e. The molecule has 6 heteroatoms. The average molecular weight is 279 g/mol. The minimum atomic E-state index is -0.245. The van der Waals surface area contributed by atoms with Crippen molar-refractivity contribution in [2.45, 2.75) is 38.1 Å². The van der Waals surface area contributed by atoms with E-state index in [2.05, 4.69) is 15.5 Å². The molecular weight excluding hydrogens is 258 g/mol. The molecule has 1 amide bonds. The fourth-order valence-corrected chi connectivity index (χ4v) is 2.59. The first-order chi connectivity index (χ1) is 9.74. The summed E-state index contributed by atoms with van der Waals surface area (Å²) >= 11 is 0. The zero-order valence-corrected chi connectivity index (χ0v) is 11.7. The van der Waals surface area contributed by atoms with E-state index in [4.69, 9.17) is 4.74 Å². The van der Waals surface area contributed by atoms with Crippen LogP contribution >= 0.6 is 0 Å². The lowest BCUT2D eigenvalue weighted by molar-refractivity contribution is 0.0893. The molecule has 2 N–H and O–H groups in total. The van der Waals surface area contributed by atoms with Crippen molar-refractivity contribution in [3.8, 4) is 5.88 Å². The summed E-state index contributed by atoms with van der Waals surface area (Å²) in [5.41, 5.74) is 0.270. The molecular formula is C14H21N3O3. The number of nitrogens with one attached hydrogen (secondary N) is 1. The molecule has 1 aromatic rings. The van der Waals surface area contributed by atoms with Crippen LogP contribution in [-0.4, -0.2) is 41.0 Å². The van der Waals surface area contributed by atoms with E-state index in [-0.39, 0.29) is 30.2 Å². The summed E-state index contributed by atoms with van der Waals surface area (Å²) in [5, 5.41) is 20.0. The van der Waals surface area contributed by atoms with Crippen molar-refractivity contribution in [2.24, 2.45) is 5.92 Å². The van der Waals surface area contributed by atoms with Crippen LogP contribution in [0.4, 0.5) is 0 Å². The van der Waals surface area contributed by atoms with Gasteiger partial charge in [0.05, 0.1) is 7.11 Å². The van der Waals surface area contributed by atoms with Crippen molar-refractivity contribution in [3.05, 3.63) is 17.8 Å². The Morgan fingerprint density at radius 2 is 2.15 bits per heavy atom. The Hall–Kier alpha value is -1.69. The van der Waals surface area contributed by atoms with Gasteiger partial charge in [-0.15, -0.1) is 10.2 Å². The lowest BCUT2D eigenvalue weighted by atomic mass is 9.95. The van der Waals surface area contributed by atoms with Crippen molar-refractivity contribution in [1.82, 2.24) is 15.5 Å². The van der Waals surface area contributed by atoms with Gasteiger partial charge in [0, 0.05) is 24.6 Å². The third-order valence-corrected chi connectivity index (χ3v) is 3.79. The van der Waals surface area contributed by atoms with Gasteiger partial charge in [-0.05, 0) is 18.9 Å². The standard InChI is InChI=1S/C14H21N3O3/c1-20-13-8-7-12(16-17-13)14(19)15-11-6-4-2-3-5-10(11)9-18/h7-8,10-11,18H,2-6,9H2,1H3,(H,15,19)/t10-,11+/m0/s1. The zero-order valence-electron chi connectivity index (χ0n) is 11.7. The molecule has 1 heterocycles. The minimum Gasteiger partial charge on any atom is -0.480 e. The van der Waals surface area contributed by atoms with Crippen LogP contribution in [-0.2, 0) is 0 Å². The maximum absolute atomic E-state index is 12.2. The van der Waals surface area contributed by atoms with Crippen LogP contribution in [0.15, 0.2) is 12.1 Å². The van der Waals surface area contributed by atoms with Crippen LogP contribution in [0.5, 0.6) is 5.88 Å². The number of carbonyl (C=O) groups is 1. The first-order valence-electron chi connectivity index (χ1n) is 7.04. The minimum absolute atomic E-state index is 0.0129. The lowest BCUT2D eigenvalue weighted by Crippen LogP contribution is -2.41. The number of aromatic nitrogens is 2. The normalized spacial score (nSPS) is 22.9. The van der Waals surface area contributed by atoms with E-state index in [1.807, 2.05) is 0 Å². The molecule has 0 aromatic carbocycles. The van der Waals surface area contributed by atoms with Gasteiger partial charge in [0.2, 0.25) is 5.88 Å². The highest BCUT2D eigenvalue weighted by Crippen LogP contribution is 2.23. The Balaban J connectivity index is 2.00. The first kappa shape index (κ1) is 14.7. The van der Waals surface area contributed by atoms with E-state index in [1.165, 1.54) is 7.11 Å². The van der Waals surface area contributed by atoms with Crippen LogP contribution in [0.25, 0.3) is 0 Å². The largest absolute Gasteiger partial charge is 0.480 e. The second-order valence-electron chi connectivity index (χ2n) is 5.12. The predicted octanol–water partition coefficient (Wildman–Crippen LogP) is 1.16. The van der Waals surface area contributed by atoms with Crippen LogP contribution in [0, 0.1) is 5.92 Å². The van der Waals surface area contributed by atoms with Crippen molar-refractivity contribution in [3.63, 3.8) is 0 Å². The number of hydrogen-bond donors (Lipinski definition) is 2. The van der Waals surface area contributed by atoms with E-state index >= 15 is 0 Å². The van der Waals surface area contributed by atoms with Crippen LogP contribution in [0.2, 0.25) is 0 Å². The summed E-state index contributed by atoms with van der Waals surface area (Å²) in [6.45, 7) is 0.110. The van der Waals surface area contributed by atoms with Gasteiger partial charge in [0.1, 0.15) is 0 Å². The molecule has 0 bridgehead atoms. The molecule has 1 aliphatic rings. The summed E-state index contributed by atoms with van der Waals surface area (Å²) in [6.07, 6.45) is 5.21. The third kappa shape index (κ3) is 3.66. The summed E-state index contributed by atoms with van der Waals surface area (Å²) in [7, 11) is 1.50. The fraction of sp³-hybridized carbons (Fsp3) is 0.643. The van der Waals surface area contributed by atoms with Crippen molar-refractivity contribution in [2.75, 3.05) is 13.7 Å². The monoisotopic (exact) mass is 279 g/mol. The highest BCUT2D eigenvalue weighted by molar-refractivity contribution is 5.92. The molecule has 1 saturated carbocycles. The topological polar surface area (TPSA) is 84.3 Å². The number of ether oxygens (including phenoxy) is 1. The van der Waals surface area contributed by atoms with Crippen molar-refractivity contribution >= 4 is 5.91 Å². The second-order valence-corrected chi connectivity index (χ2v) is 5.12. The molecule has 6 nitrogen and oxygen atoms in total. The Labute approximate surface area is 118 Å². The van der Waals surface area contributed by atoms with E-state index < -0.39 is 0 Å². The Morgan fingerprint density at radius 1 is 1.35 bits per heavy atom. The molecule has 110 valence electrons. The number of nitrogens with zero attached hydrogens (tertiary/aromatic N) is 2. The summed E-state index contributed by atoms with van der Waals surface area (Å²) < 4.78 is 4.91. The van der Waals surface area contributed by atoms with Gasteiger partial charge in [-0.2, -0.15) is 0 Å². The highest BCUT2D eigenvalue weighted by atomic mass is 16.5. The van der Waals surface area contributed by atoms with Gasteiger partial charge in [0.15, 0.2) is 5.69 Å². The van der Waals surface area contributed by atoms with Gasteiger partial charge in [-0.1, -0.05) is 19.3 Å². The Morgan fingerprint density at radius 3 is 2.80 bits per heavy atom. The number of methoxy groups -OCH3 is 1. The molecule has 2 rings (SSSR count). The zero-order chi connectivity index (χ0) is 14.4. The fourth-order valence-electron chi connectivity index (χ4n) is 2.59. The average Bonchev–Trinajstić information content (AvgIpc) is 2.72. The van der Waals surface area contributed by atoms with Crippen molar-refractivity contribution in [1.29, 1.82) is 0 Å². The molecule has 0 radical (unpaired) electrons. The molecule has 2 atom stereocenters. The van der Waals surface area contributed by atoms with Gasteiger partial charge < -0.3 is 15.2 Å². The maximum atomic E-state index is 12.2. The second kappa shape index (κ2) is 7.19. The van der Waals surface area contributed by atoms with Crippen LogP contribution in [0.3, 0.4) is 0 Å². The van der Waals surface area contributed by atoms with E-state index in [0.29, 0.717) is 5.88 Å². The molecule has 0 saturated heterocycles. The summed E-state index contributed by atoms with van der Waals surface area (Å²) in [5.74, 6) is 0.266. The van der Waals surface area contributed by atoms with Crippen molar-refractivity contribution < 1.29 is 14.6 Å². The summed E-state index contributed by atoms with van der Waals surface area (Å²) in [6, 6.07) is 3.21. The van der Waals surface area contributed by atoms with Gasteiger partial charge >= 0.3 is 0 Å². The summed E-state index contributed by atoms with van der Waals surface area (Å²) in [4.78, 5) is 12.2. The molecule has 1 aromatic heterocycles. The van der Waals surface area contributed by atoms with E-state index in [1.54, 1.807) is 12.1 Å². The predicted molar refractivity (Wildman–Crippen MR) is 73.5 cm³/mol. The number of carbonyl (C=O) groups excluding carboxylic acids is 1. The molecule has 1 aliphatic carbocycles. The van der Waals surface area contributed by atoms with Gasteiger partial charge in [-0.3, -0.25) is 4.79 Å². The molecule has 0 aliphatic heterocycles. The van der Waals surface area contributed by atoms with Crippen LogP contribution < -0.4 is 10.1 Å². The van der Waals surface area contributed by atoms with Crippen LogP contribution in [0.1, 0.15) is 42.6 Å². The van der Waals surface area contributed by atoms with Gasteiger partial charge in [-0.25, -0.2) is 0 Å². The molecule has 1 fully saturated rings. The number of hydrogen-bond acceptors (Lipinski definition) is 5. The quantitative estimate of drug-likeness (QED) is 0.808. The van der Waals surface area contributed by atoms with E-state index in [9.17, 15) is 9.90 Å². The number of aliphatic hydroxyl groups excluding tert-OH is 1. The third-order valence-electron chi connectivity index (χ3n) is 3.79. The first-order valence-corrected chi connectivity index (χ1v) is 7.04. The van der Waals surface area contributed by atoms with E-state index in [0.717, 1.165) is 32.1 Å². The SMILES string of the molecule is COc1ccc(C(=O)N[C@@H]2CCCCC[C@H]2CO)nn1. The number of aliphatic hydroxyl groups is 1. The highest BCUT2D eigenvalue weighted by Gasteiger charge is 2.25. The van der Waals surface area contributed by atoms with Gasteiger partial charge in [0.25, 0.3) is 5.91 Å². The smallest absolute Gasteiger partial charge is 0.272 e. The molecule has 0 spiro atoms. The molecule has 20 heavy (non-hydrogen) atoms. The lowest BCUT2D eigenvalue weighted by Gasteiger charge is -2.24. The number of amides is 1. The molecule has 0 unspecified atom stereocenters. The Bertz CT molecular complexity index is 436. The Kier molecular flexibility index (Phi) is 5.29.